The summed E-state index contributed by atoms with van der Waals surface area (Å²) >= 11 is 0. The monoisotopic (exact) mass is 145 g/mol. The predicted octanol–water partition coefficient (Wildman–Crippen LogP) is 0.0124. The van der Waals surface area contributed by atoms with Gasteiger partial charge in [0.05, 0.1) is 0 Å². The van der Waals surface area contributed by atoms with E-state index in [1.807, 2.05) is 0 Å². The van der Waals surface area contributed by atoms with Crippen LogP contribution in [0.5, 0.6) is 0 Å². The quantitative estimate of drug-likeness (QED) is 0.286. The Balaban J connectivity index is -0.00000000500. The van der Waals surface area contributed by atoms with E-state index < -0.39 is 0 Å². The van der Waals surface area contributed by atoms with Gasteiger partial charge in [0.15, 0.2) is 0 Å². The van der Waals surface area contributed by atoms with Crippen LogP contribution >= 0.6 is 0 Å². The van der Waals surface area contributed by atoms with E-state index in [0.717, 1.165) is 0 Å². The molecule has 0 saturated carbocycles. The summed E-state index contributed by atoms with van der Waals surface area (Å²) < 4.78 is 0. The molecule has 0 spiro atoms. The third kappa shape index (κ3) is 12.3. The van der Waals surface area contributed by atoms with E-state index in [2.05, 4.69) is 0 Å². The second kappa shape index (κ2) is 37.7. The minimum absolute atomic E-state index is 0. The molecule has 0 rings (SSSR count). The van der Waals surface area contributed by atoms with E-state index >= 15 is 0 Å². The Labute approximate surface area is 45.1 Å². The maximum absolute atomic E-state index is 6.00. The SMILES string of the molecule is OO.[Fe].[Mn]. The normalized spacial score (nSPS) is 1.50. The topological polar surface area (TPSA) is 40.5 Å². The molecule has 0 fully saturated rings. The molecule has 4 heavy (non-hydrogen) atoms. The molecule has 0 aliphatic heterocycles. The van der Waals surface area contributed by atoms with Gasteiger partial charge < -0.3 is 0 Å². The molecule has 0 aromatic carbocycles. The molecule has 0 amide bonds. The molecule has 2 N–H and O–H groups in total. The van der Waals surface area contributed by atoms with Crippen molar-refractivity contribution >= 4 is 0 Å². The molecule has 0 atom stereocenters. The Morgan fingerprint density at radius 3 is 1.00 bits per heavy atom. The standard InChI is InChI=1S/Fe.Mn.H2O2/c;;1-2/h;;1-2H. The third-order valence-corrected chi connectivity index (χ3v) is 0. The minimum atomic E-state index is 0. The van der Waals surface area contributed by atoms with Gasteiger partial charge >= 0.3 is 0 Å². The summed E-state index contributed by atoms with van der Waals surface area (Å²) in [6, 6.07) is 0. The summed E-state index contributed by atoms with van der Waals surface area (Å²) in [5, 5.41) is 12.0. The Bertz CT molecular complexity index is 6.00. The van der Waals surface area contributed by atoms with Crippen molar-refractivity contribution in [2.45, 2.75) is 0 Å². The van der Waals surface area contributed by atoms with Crippen molar-refractivity contribution in [3.63, 3.8) is 0 Å². The van der Waals surface area contributed by atoms with E-state index in [4.69, 9.17) is 10.5 Å². The molecule has 0 aromatic rings. The molecule has 29 valence electrons. The van der Waals surface area contributed by atoms with E-state index in [-0.39, 0.29) is 34.1 Å². The Hall–Kier alpha value is 0.959. The smallest absolute Gasteiger partial charge is 0 e. The van der Waals surface area contributed by atoms with Crippen LogP contribution in [-0.2, 0) is 34.1 Å². The van der Waals surface area contributed by atoms with Gasteiger partial charge in [-0.15, -0.1) is 0 Å². The third-order valence-electron chi connectivity index (χ3n) is 0. The first-order valence-electron chi connectivity index (χ1n) is 0.200. The van der Waals surface area contributed by atoms with Crippen molar-refractivity contribution in [2.24, 2.45) is 0 Å². The molecule has 0 aromatic heterocycles. The molecule has 0 unspecified atom stereocenters. The van der Waals surface area contributed by atoms with Gasteiger partial charge in [0, 0.05) is 34.1 Å². The molecule has 0 heterocycles. The van der Waals surface area contributed by atoms with Crippen LogP contribution in [-0.4, -0.2) is 10.5 Å². The summed E-state index contributed by atoms with van der Waals surface area (Å²) in [5.74, 6) is 0. The second-order valence-corrected chi connectivity index (χ2v) is 0. The summed E-state index contributed by atoms with van der Waals surface area (Å²) in [6.45, 7) is 0. The van der Waals surface area contributed by atoms with Gasteiger partial charge in [-0.25, -0.2) is 0 Å². The van der Waals surface area contributed by atoms with Crippen LogP contribution < -0.4 is 0 Å². The summed E-state index contributed by atoms with van der Waals surface area (Å²) in [6.07, 6.45) is 0. The van der Waals surface area contributed by atoms with Gasteiger partial charge in [0.2, 0.25) is 0 Å². The Kier molecular flexibility index (Phi) is 191. The van der Waals surface area contributed by atoms with Crippen molar-refractivity contribution in [2.75, 3.05) is 0 Å². The van der Waals surface area contributed by atoms with Gasteiger partial charge in [-0.1, -0.05) is 0 Å². The van der Waals surface area contributed by atoms with E-state index in [1.165, 1.54) is 0 Å². The van der Waals surface area contributed by atoms with Gasteiger partial charge in [-0.2, -0.15) is 0 Å². The first kappa shape index (κ1) is 20.3. The average Bonchev–Trinajstić information content (AvgIpc) is 1.00. The van der Waals surface area contributed by atoms with Crippen LogP contribution in [0.15, 0.2) is 0 Å². The maximum atomic E-state index is 6.00. The van der Waals surface area contributed by atoms with Crippen LogP contribution in [0.1, 0.15) is 0 Å². The predicted molar refractivity (Wildman–Crippen MR) is 5.26 cm³/mol. The number of rotatable bonds is 0. The summed E-state index contributed by atoms with van der Waals surface area (Å²) in [7, 11) is 0. The van der Waals surface area contributed by atoms with Crippen LogP contribution in [0.4, 0.5) is 0 Å². The molecule has 0 saturated heterocycles. The molecule has 2 nitrogen and oxygen atoms in total. The zero-order valence-electron chi connectivity index (χ0n) is 1.63. The molecular weight excluding hydrogens is 143 g/mol. The van der Waals surface area contributed by atoms with Gasteiger partial charge in [0.1, 0.15) is 0 Å². The molecule has 0 aliphatic carbocycles. The van der Waals surface area contributed by atoms with E-state index in [0.29, 0.717) is 0 Å². The summed E-state index contributed by atoms with van der Waals surface area (Å²) in [5.41, 5.74) is 0. The largest absolute Gasteiger partial charge is 0.255 e. The van der Waals surface area contributed by atoms with Crippen molar-refractivity contribution < 1.29 is 44.7 Å². The van der Waals surface area contributed by atoms with Crippen LogP contribution in [0.3, 0.4) is 0 Å². The van der Waals surface area contributed by atoms with Crippen molar-refractivity contribution in [1.29, 1.82) is 0 Å². The second-order valence-electron chi connectivity index (χ2n) is 0. The maximum Gasteiger partial charge on any atom is 0 e. The first-order valence-corrected chi connectivity index (χ1v) is 0.200. The molecule has 4 heteroatoms. The Morgan fingerprint density at radius 1 is 1.00 bits per heavy atom. The Morgan fingerprint density at radius 2 is 1.00 bits per heavy atom. The molecule has 0 aliphatic rings. The van der Waals surface area contributed by atoms with Crippen LogP contribution in [0.2, 0.25) is 0 Å². The fourth-order valence-electron chi connectivity index (χ4n) is 0. The van der Waals surface area contributed by atoms with Crippen molar-refractivity contribution in [3.05, 3.63) is 0 Å². The van der Waals surface area contributed by atoms with Gasteiger partial charge in [-0.05, 0) is 0 Å². The van der Waals surface area contributed by atoms with Crippen molar-refractivity contribution in [3.8, 4) is 0 Å². The van der Waals surface area contributed by atoms with Gasteiger partial charge in [-0.3, -0.25) is 10.5 Å². The zero-order chi connectivity index (χ0) is 2.00. The van der Waals surface area contributed by atoms with E-state index in [1.54, 1.807) is 0 Å². The molecular formula is H2FeMnO2. The van der Waals surface area contributed by atoms with Gasteiger partial charge in [0.25, 0.3) is 0 Å². The average molecular weight is 145 g/mol. The fraction of sp³-hybridized carbons (Fsp3) is 0. The summed E-state index contributed by atoms with van der Waals surface area (Å²) in [4.78, 5) is 0. The van der Waals surface area contributed by atoms with Crippen LogP contribution in [0, 0.1) is 0 Å². The fourth-order valence-corrected chi connectivity index (χ4v) is 0. The molecule has 1 radical (unpaired) electrons. The van der Waals surface area contributed by atoms with E-state index in [9.17, 15) is 0 Å². The first-order chi connectivity index (χ1) is 1.00. The van der Waals surface area contributed by atoms with Crippen molar-refractivity contribution in [1.82, 2.24) is 0 Å². The molecule has 0 bridgehead atoms. The number of hydrogen-bond acceptors (Lipinski definition) is 2. The number of hydrogen-bond donors (Lipinski definition) is 2. The van der Waals surface area contributed by atoms with Crippen LogP contribution in [0.25, 0.3) is 0 Å². The minimum Gasteiger partial charge on any atom is -0.255 e. The zero-order valence-corrected chi connectivity index (χ0v) is 3.91.